The Balaban J connectivity index is 1.97. The minimum atomic E-state index is 0.818. The summed E-state index contributed by atoms with van der Waals surface area (Å²) in [5.41, 5.74) is 3.49. The quantitative estimate of drug-likeness (QED) is 0.540. The molecule has 0 spiro atoms. The average Bonchev–Trinajstić information content (AvgIpc) is 2.27. The minimum absolute atomic E-state index is 0.818. The summed E-state index contributed by atoms with van der Waals surface area (Å²) in [6, 6.07) is 0.818. The molecule has 58 valence electrons. The summed E-state index contributed by atoms with van der Waals surface area (Å²) in [5.74, 6) is 0.957. The summed E-state index contributed by atoms with van der Waals surface area (Å²) in [7, 11) is 2.15. The molecule has 0 amide bonds. The Labute approximate surface area is 62.6 Å². The molecule has 10 heavy (non-hydrogen) atoms. The number of nitrogens with one attached hydrogen (secondary N) is 1. The van der Waals surface area contributed by atoms with Crippen LogP contribution in [0.4, 0.5) is 0 Å². The van der Waals surface area contributed by atoms with E-state index >= 15 is 0 Å². The molecule has 1 saturated heterocycles. The standard InChI is InChI=1S/C8H16N2/c1-10-6-7-4-2-3-5-8(7)9-10/h7-9H,2-6H2,1H3. The Morgan fingerprint density at radius 3 is 2.90 bits per heavy atom. The largest absolute Gasteiger partial charge is 0.252 e. The molecule has 0 aromatic rings. The number of rotatable bonds is 0. The molecule has 1 N–H and O–H groups in total. The van der Waals surface area contributed by atoms with Gasteiger partial charge in [-0.2, -0.15) is 0 Å². The lowest BCUT2D eigenvalue weighted by molar-refractivity contribution is 0.281. The van der Waals surface area contributed by atoms with Gasteiger partial charge in [0, 0.05) is 19.6 Å². The Kier molecular flexibility index (Phi) is 1.66. The van der Waals surface area contributed by atoms with Crippen molar-refractivity contribution in [2.45, 2.75) is 31.7 Å². The zero-order valence-corrected chi connectivity index (χ0v) is 6.64. The second-order valence-electron chi connectivity index (χ2n) is 3.66. The summed E-state index contributed by atoms with van der Waals surface area (Å²) >= 11 is 0. The van der Waals surface area contributed by atoms with E-state index in [1.54, 1.807) is 0 Å². The third-order valence-corrected chi connectivity index (χ3v) is 2.80. The Hall–Kier alpha value is -0.0800. The van der Waals surface area contributed by atoms with E-state index in [0.29, 0.717) is 0 Å². The molecule has 1 saturated carbocycles. The maximum atomic E-state index is 3.49. The first-order valence-corrected chi connectivity index (χ1v) is 4.33. The van der Waals surface area contributed by atoms with Crippen LogP contribution in [0, 0.1) is 5.92 Å². The number of fused-ring (bicyclic) bond motifs is 1. The lowest BCUT2D eigenvalue weighted by Crippen LogP contribution is -2.34. The third-order valence-electron chi connectivity index (χ3n) is 2.80. The first kappa shape index (κ1) is 6.62. The van der Waals surface area contributed by atoms with Gasteiger partial charge in [-0.05, 0) is 18.8 Å². The second kappa shape index (κ2) is 2.51. The fraction of sp³-hybridized carbons (Fsp3) is 1.00. The van der Waals surface area contributed by atoms with Gasteiger partial charge in [0.15, 0.2) is 0 Å². The van der Waals surface area contributed by atoms with Crippen LogP contribution in [0.1, 0.15) is 25.7 Å². The molecule has 1 heterocycles. The van der Waals surface area contributed by atoms with Crippen LogP contribution >= 0.6 is 0 Å². The SMILES string of the molecule is CN1CC2CCCCC2N1. The molecule has 0 bridgehead atoms. The molecule has 2 atom stereocenters. The third kappa shape index (κ3) is 1.06. The van der Waals surface area contributed by atoms with Crippen molar-refractivity contribution in [1.82, 2.24) is 10.4 Å². The fourth-order valence-corrected chi connectivity index (χ4v) is 2.28. The molecular formula is C8H16N2. The number of hydrogen-bond acceptors (Lipinski definition) is 2. The van der Waals surface area contributed by atoms with E-state index in [1.807, 2.05) is 0 Å². The molecule has 2 aliphatic rings. The van der Waals surface area contributed by atoms with Crippen LogP contribution in [0.2, 0.25) is 0 Å². The van der Waals surface area contributed by atoms with Gasteiger partial charge in [0.1, 0.15) is 0 Å². The molecule has 2 heteroatoms. The lowest BCUT2D eigenvalue weighted by atomic mass is 9.86. The Morgan fingerprint density at radius 2 is 2.10 bits per heavy atom. The van der Waals surface area contributed by atoms with Crippen molar-refractivity contribution >= 4 is 0 Å². The van der Waals surface area contributed by atoms with Crippen molar-refractivity contribution in [2.75, 3.05) is 13.6 Å². The second-order valence-corrected chi connectivity index (χ2v) is 3.66. The molecule has 0 aromatic heterocycles. The monoisotopic (exact) mass is 140 g/mol. The molecule has 2 rings (SSSR count). The summed E-state index contributed by atoms with van der Waals surface area (Å²) in [6.07, 6.45) is 5.73. The van der Waals surface area contributed by atoms with Gasteiger partial charge >= 0.3 is 0 Å². The highest BCUT2D eigenvalue weighted by molar-refractivity contribution is 4.85. The molecule has 0 aromatic carbocycles. The van der Waals surface area contributed by atoms with Crippen molar-refractivity contribution in [2.24, 2.45) is 5.92 Å². The number of hydrazine groups is 1. The van der Waals surface area contributed by atoms with Crippen LogP contribution in [0.3, 0.4) is 0 Å². The van der Waals surface area contributed by atoms with Gasteiger partial charge in [-0.1, -0.05) is 12.8 Å². The highest BCUT2D eigenvalue weighted by Gasteiger charge is 2.31. The minimum Gasteiger partial charge on any atom is -0.252 e. The molecule has 1 aliphatic heterocycles. The molecule has 2 unspecified atom stereocenters. The Morgan fingerprint density at radius 1 is 1.30 bits per heavy atom. The van der Waals surface area contributed by atoms with Crippen molar-refractivity contribution in [3.8, 4) is 0 Å². The van der Waals surface area contributed by atoms with Gasteiger partial charge in [-0.25, -0.2) is 5.01 Å². The van der Waals surface area contributed by atoms with Crippen LogP contribution in [-0.4, -0.2) is 24.6 Å². The zero-order chi connectivity index (χ0) is 6.97. The van der Waals surface area contributed by atoms with Crippen molar-refractivity contribution in [1.29, 1.82) is 0 Å². The van der Waals surface area contributed by atoms with E-state index in [4.69, 9.17) is 0 Å². The van der Waals surface area contributed by atoms with E-state index < -0.39 is 0 Å². The van der Waals surface area contributed by atoms with E-state index in [-0.39, 0.29) is 0 Å². The topological polar surface area (TPSA) is 15.3 Å². The van der Waals surface area contributed by atoms with E-state index in [1.165, 1.54) is 32.2 Å². The van der Waals surface area contributed by atoms with E-state index in [2.05, 4.69) is 17.5 Å². The predicted molar refractivity (Wildman–Crippen MR) is 41.5 cm³/mol. The molecule has 2 nitrogen and oxygen atoms in total. The molecule has 2 fully saturated rings. The predicted octanol–water partition coefficient (Wildman–Crippen LogP) is 0.995. The fourth-order valence-electron chi connectivity index (χ4n) is 2.28. The van der Waals surface area contributed by atoms with Crippen LogP contribution in [0.5, 0.6) is 0 Å². The summed E-state index contributed by atoms with van der Waals surface area (Å²) in [5, 5.41) is 2.25. The van der Waals surface area contributed by atoms with Crippen molar-refractivity contribution < 1.29 is 0 Å². The van der Waals surface area contributed by atoms with E-state index in [9.17, 15) is 0 Å². The summed E-state index contributed by atoms with van der Waals surface area (Å²) in [6.45, 7) is 1.27. The van der Waals surface area contributed by atoms with Crippen molar-refractivity contribution in [3.63, 3.8) is 0 Å². The van der Waals surface area contributed by atoms with Gasteiger partial charge in [0.05, 0.1) is 0 Å². The highest BCUT2D eigenvalue weighted by Crippen LogP contribution is 2.28. The number of nitrogens with zero attached hydrogens (tertiary/aromatic N) is 1. The van der Waals surface area contributed by atoms with Crippen LogP contribution in [0.25, 0.3) is 0 Å². The van der Waals surface area contributed by atoms with Gasteiger partial charge in [-0.3, -0.25) is 5.43 Å². The van der Waals surface area contributed by atoms with Crippen LogP contribution in [-0.2, 0) is 0 Å². The maximum Gasteiger partial charge on any atom is 0.0256 e. The smallest absolute Gasteiger partial charge is 0.0256 e. The molecular weight excluding hydrogens is 124 g/mol. The van der Waals surface area contributed by atoms with Gasteiger partial charge in [0.25, 0.3) is 0 Å². The highest BCUT2D eigenvalue weighted by atomic mass is 15.5. The van der Waals surface area contributed by atoms with Crippen LogP contribution < -0.4 is 5.43 Å². The van der Waals surface area contributed by atoms with Crippen LogP contribution in [0.15, 0.2) is 0 Å². The summed E-state index contributed by atoms with van der Waals surface area (Å²) in [4.78, 5) is 0. The van der Waals surface area contributed by atoms with Gasteiger partial charge < -0.3 is 0 Å². The zero-order valence-electron chi connectivity index (χ0n) is 6.64. The first-order valence-electron chi connectivity index (χ1n) is 4.33. The molecule has 1 aliphatic carbocycles. The van der Waals surface area contributed by atoms with Gasteiger partial charge in [-0.15, -0.1) is 0 Å². The average molecular weight is 140 g/mol. The Bertz CT molecular complexity index is 110. The lowest BCUT2D eigenvalue weighted by Gasteiger charge is -2.22. The van der Waals surface area contributed by atoms with Crippen molar-refractivity contribution in [3.05, 3.63) is 0 Å². The normalized spacial score (nSPS) is 41.7. The van der Waals surface area contributed by atoms with E-state index in [0.717, 1.165) is 12.0 Å². The first-order chi connectivity index (χ1) is 4.86. The number of hydrogen-bond donors (Lipinski definition) is 1. The van der Waals surface area contributed by atoms with Gasteiger partial charge in [0.2, 0.25) is 0 Å². The summed E-state index contributed by atoms with van der Waals surface area (Å²) < 4.78 is 0. The molecule has 0 radical (unpaired) electrons. The maximum absolute atomic E-state index is 3.49.